The first-order valence-corrected chi connectivity index (χ1v) is 3.82. The summed E-state index contributed by atoms with van der Waals surface area (Å²) in [5.74, 6) is -0.329. The smallest absolute Gasteiger partial charge is 0.324 e. The Morgan fingerprint density at radius 2 is 2.55 bits per heavy atom. The highest BCUT2D eigenvalue weighted by molar-refractivity contribution is 5.76. The summed E-state index contributed by atoms with van der Waals surface area (Å²) in [6.07, 6.45) is 2.06. The number of methoxy groups -OCH3 is 1. The fourth-order valence-corrected chi connectivity index (χ4v) is 1.32. The number of ether oxygens (including phenoxy) is 1. The number of hydrogen-bond donors (Lipinski definition) is 2. The number of hydrogen-bond acceptors (Lipinski definition) is 4. The van der Waals surface area contributed by atoms with E-state index in [1.807, 2.05) is 0 Å². The van der Waals surface area contributed by atoms with E-state index in [9.17, 15) is 4.79 Å². The van der Waals surface area contributed by atoms with Crippen LogP contribution in [0.5, 0.6) is 0 Å². The molecule has 1 aliphatic heterocycles. The summed E-state index contributed by atoms with van der Waals surface area (Å²) in [6.45, 7) is 0.954. The summed E-state index contributed by atoms with van der Waals surface area (Å²) in [5, 5.41) is 3.15. The molecule has 11 heavy (non-hydrogen) atoms. The molecule has 0 aromatic heterocycles. The van der Waals surface area contributed by atoms with Crippen LogP contribution in [0.2, 0.25) is 0 Å². The van der Waals surface area contributed by atoms with Gasteiger partial charge in [0.25, 0.3) is 0 Å². The minimum atomic E-state index is -0.498. The summed E-state index contributed by atoms with van der Waals surface area (Å²) >= 11 is 0. The van der Waals surface area contributed by atoms with Crippen LogP contribution in [-0.4, -0.2) is 31.7 Å². The number of carbonyl (C=O) groups excluding carboxylic acids is 1. The monoisotopic (exact) mass is 158 g/mol. The molecule has 2 unspecified atom stereocenters. The topological polar surface area (TPSA) is 64.3 Å². The number of carbonyl (C=O) groups is 1. The van der Waals surface area contributed by atoms with Gasteiger partial charge in [-0.25, -0.2) is 0 Å². The van der Waals surface area contributed by atoms with Crippen LogP contribution in [0, 0.1) is 0 Å². The first-order valence-electron chi connectivity index (χ1n) is 3.82. The van der Waals surface area contributed by atoms with Gasteiger partial charge in [-0.05, 0) is 19.4 Å². The maximum Gasteiger partial charge on any atom is 0.324 e. The van der Waals surface area contributed by atoms with Gasteiger partial charge >= 0.3 is 5.97 Å². The zero-order valence-corrected chi connectivity index (χ0v) is 6.67. The van der Waals surface area contributed by atoms with E-state index in [0.29, 0.717) is 0 Å². The Morgan fingerprint density at radius 3 is 3.00 bits per heavy atom. The molecule has 0 aliphatic carbocycles. The first-order chi connectivity index (χ1) is 5.25. The van der Waals surface area contributed by atoms with Gasteiger partial charge in [0.05, 0.1) is 7.11 Å². The fourth-order valence-electron chi connectivity index (χ4n) is 1.32. The van der Waals surface area contributed by atoms with Gasteiger partial charge in [0.15, 0.2) is 0 Å². The van der Waals surface area contributed by atoms with Crippen molar-refractivity contribution in [1.29, 1.82) is 0 Å². The molecule has 0 spiro atoms. The third kappa shape index (κ3) is 1.91. The highest BCUT2D eigenvalue weighted by Crippen LogP contribution is 2.08. The van der Waals surface area contributed by atoms with Crippen LogP contribution in [0.4, 0.5) is 0 Å². The second-order valence-corrected chi connectivity index (χ2v) is 2.75. The second-order valence-electron chi connectivity index (χ2n) is 2.75. The summed E-state index contributed by atoms with van der Waals surface area (Å²) in [5.41, 5.74) is 5.60. The number of nitrogens with one attached hydrogen (secondary N) is 1. The van der Waals surface area contributed by atoms with Crippen LogP contribution < -0.4 is 11.1 Å². The van der Waals surface area contributed by atoms with Gasteiger partial charge in [0.2, 0.25) is 0 Å². The molecule has 1 heterocycles. The van der Waals surface area contributed by atoms with Gasteiger partial charge in [0, 0.05) is 6.04 Å². The number of esters is 1. The predicted octanol–water partition coefficient (Wildman–Crippen LogP) is -0.761. The molecule has 4 heteroatoms. The summed E-state index contributed by atoms with van der Waals surface area (Å²) in [7, 11) is 1.36. The molecule has 1 saturated heterocycles. The Balaban J connectivity index is 2.39. The molecule has 0 radical (unpaired) electrons. The van der Waals surface area contributed by atoms with Crippen molar-refractivity contribution >= 4 is 5.97 Å². The zero-order valence-electron chi connectivity index (χ0n) is 6.67. The van der Waals surface area contributed by atoms with Gasteiger partial charge in [0.1, 0.15) is 6.04 Å². The third-order valence-corrected chi connectivity index (χ3v) is 2.01. The van der Waals surface area contributed by atoms with Crippen molar-refractivity contribution in [2.45, 2.75) is 24.9 Å². The van der Waals surface area contributed by atoms with E-state index in [1.54, 1.807) is 0 Å². The molecule has 0 aromatic rings. The molecule has 64 valence electrons. The maximum atomic E-state index is 10.9. The SMILES string of the molecule is COC(=O)C(N)C1CCCN1. The van der Waals surface area contributed by atoms with Crippen molar-refractivity contribution in [1.82, 2.24) is 5.32 Å². The van der Waals surface area contributed by atoms with Crippen LogP contribution in [-0.2, 0) is 9.53 Å². The van der Waals surface area contributed by atoms with Crippen molar-refractivity contribution in [3.8, 4) is 0 Å². The van der Waals surface area contributed by atoms with Gasteiger partial charge in [-0.1, -0.05) is 0 Å². The van der Waals surface area contributed by atoms with Crippen LogP contribution >= 0.6 is 0 Å². The lowest BCUT2D eigenvalue weighted by Gasteiger charge is -2.16. The highest BCUT2D eigenvalue weighted by atomic mass is 16.5. The Bertz CT molecular complexity index is 143. The lowest BCUT2D eigenvalue weighted by molar-refractivity contribution is -0.142. The van der Waals surface area contributed by atoms with Gasteiger partial charge in [-0.2, -0.15) is 0 Å². The zero-order chi connectivity index (χ0) is 8.27. The van der Waals surface area contributed by atoms with Crippen molar-refractivity contribution in [3.05, 3.63) is 0 Å². The van der Waals surface area contributed by atoms with Crippen molar-refractivity contribution in [2.24, 2.45) is 5.73 Å². The minimum absolute atomic E-state index is 0.113. The van der Waals surface area contributed by atoms with Gasteiger partial charge in [-0.15, -0.1) is 0 Å². The molecule has 3 N–H and O–H groups in total. The molecule has 0 amide bonds. The minimum Gasteiger partial charge on any atom is -0.468 e. The van der Waals surface area contributed by atoms with Crippen molar-refractivity contribution in [3.63, 3.8) is 0 Å². The average molecular weight is 158 g/mol. The normalized spacial score (nSPS) is 26.5. The van der Waals surface area contributed by atoms with Crippen LogP contribution in [0.1, 0.15) is 12.8 Å². The first kappa shape index (κ1) is 8.49. The molecule has 1 fully saturated rings. The van der Waals surface area contributed by atoms with E-state index in [2.05, 4.69) is 10.1 Å². The molecule has 1 rings (SSSR count). The lowest BCUT2D eigenvalue weighted by Crippen LogP contribution is -2.47. The van der Waals surface area contributed by atoms with E-state index in [0.717, 1.165) is 19.4 Å². The standard InChI is InChI=1S/C7H14N2O2/c1-11-7(10)6(8)5-3-2-4-9-5/h5-6,9H,2-4,8H2,1H3. The van der Waals surface area contributed by atoms with E-state index >= 15 is 0 Å². The van der Waals surface area contributed by atoms with Gasteiger partial charge in [-0.3, -0.25) is 4.79 Å². The van der Waals surface area contributed by atoms with Gasteiger partial charge < -0.3 is 15.8 Å². The fraction of sp³-hybridized carbons (Fsp3) is 0.857. The molecule has 0 aromatic carbocycles. The van der Waals surface area contributed by atoms with E-state index < -0.39 is 6.04 Å². The molecule has 0 bridgehead atoms. The third-order valence-electron chi connectivity index (χ3n) is 2.01. The van der Waals surface area contributed by atoms with Crippen LogP contribution in [0.15, 0.2) is 0 Å². The summed E-state index contributed by atoms with van der Waals surface area (Å²) in [6, 6.07) is -0.384. The van der Waals surface area contributed by atoms with E-state index in [-0.39, 0.29) is 12.0 Å². The molecule has 0 saturated carbocycles. The highest BCUT2D eigenvalue weighted by Gasteiger charge is 2.27. The molecular formula is C7H14N2O2. The molecule has 2 atom stereocenters. The largest absolute Gasteiger partial charge is 0.468 e. The number of rotatable bonds is 2. The molecule has 4 nitrogen and oxygen atoms in total. The molecular weight excluding hydrogens is 144 g/mol. The van der Waals surface area contributed by atoms with E-state index in [4.69, 9.17) is 5.73 Å². The average Bonchev–Trinajstić information content (AvgIpc) is 2.53. The Hall–Kier alpha value is -0.610. The van der Waals surface area contributed by atoms with Crippen LogP contribution in [0.25, 0.3) is 0 Å². The predicted molar refractivity (Wildman–Crippen MR) is 41.0 cm³/mol. The lowest BCUT2D eigenvalue weighted by atomic mass is 10.1. The second kappa shape index (κ2) is 3.69. The summed E-state index contributed by atoms with van der Waals surface area (Å²) in [4.78, 5) is 10.9. The Labute approximate surface area is 66.1 Å². The Morgan fingerprint density at radius 1 is 1.82 bits per heavy atom. The van der Waals surface area contributed by atoms with Crippen LogP contribution in [0.3, 0.4) is 0 Å². The van der Waals surface area contributed by atoms with Crippen molar-refractivity contribution in [2.75, 3.05) is 13.7 Å². The summed E-state index contributed by atoms with van der Waals surface area (Å²) < 4.78 is 4.52. The van der Waals surface area contributed by atoms with E-state index in [1.165, 1.54) is 7.11 Å². The van der Waals surface area contributed by atoms with Crippen molar-refractivity contribution < 1.29 is 9.53 Å². The Kier molecular flexibility index (Phi) is 2.84. The number of nitrogens with two attached hydrogens (primary N) is 1. The quantitative estimate of drug-likeness (QED) is 0.518. The maximum absolute atomic E-state index is 10.9. The molecule has 1 aliphatic rings.